The van der Waals surface area contributed by atoms with Crippen LogP contribution < -0.4 is 5.32 Å². The van der Waals surface area contributed by atoms with Gasteiger partial charge in [-0.15, -0.1) is 0 Å². The lowest BCUT2D eigenvalue weighted by molar-refractivity contribution is 0.245. The molecule has 0 unspecified atom stereocenters. The van der Waals surface area contributed by atoms with Gasteiger partial charge in [-0.3, -0.25) is 4.98 Å². The first-order valence-corrected chi connectivity index (χ1v) is 12.2. The Bertz CT molecular complexity index is 1100. The van der Waals surface area contributed by atoms with Crippen LogP contribution in [0, 0.1) is 13.8 Å². The second-order valence-electron chi connectivity index (χ2n) is 8.59. The van der Waals surface area contributed by atoms with Crippen LogP contribution >= 0.6 is 28.1 Å². The number of nitrogens with zero attached hydrogens (tertiary/aromatic N) is 3. The standard InChI is InChI=1S/C25H27BrN4S/c1-16-15-19(17(2)29(16)22-13-6-5-11-20(22)26)24-23(21-12-7-8-14-27-21)28-25(31)30(24)18-9-3-4-10-18/h5-8,11-15,18,23-24H,3-4,9-10H2,1-2H3,(H,28,31)/t23-,24+/m1/s1. The predicted octanol–water partition coefficient (Wildman–Crippen LogP) is 6.17. The molecule has 2 atom stereocenters. The van der Waals surface area contributed by atoms with E-state index < -0.39 is 0 Å². The highest BCUT2D eigenvalue weighted by molar-refractivity contribution is 9.10. The normalized spacial score (nSPS) is 21.6. The Morgan fingerprint density at radius 3 is 2.52 bits per heavy atom. The first-order valence-electron chi connectivity index (χ1n) is 11.0. The number of para-hydroxylation sites is 1. The Labute approximate surface area is 197 Å². The maximum absolute atomic E-state index is 5.90. The molecular weight excluding hydrogens is 468 g/mol. The first kappa shape index (κ1) is 20.7. The summed E-state index contributed by atoms with van der Waals surface area (Å²) in [6.45, 7) is 4.41. The van der Waals surface area contributed by atoms with Gasteiger partial charge in [0.25, 0.3) is 0 Å². The van der Waals surface area contributed by atoms with Gasteiger partial charge < -0.3 is 14.8 Å². The van der Waals surface area contributed by atoms with Crippen molar-refractivity contribution in [3.05, 3.63) is 81.8 Å². The average Bonchev–Trinajstić information content (AvgIpc) is 3.47. The monoisotopic (exact) mass is 494 g/mol. The second kappa shape index (κ2) is 8.40. The number of halogens is 1. The molecule has 31 heavy (non-hydrogen) atoms. The number of hydrogen-bond donors (Lipinski definition) is 1. The quantitative estimate of drug-likeness (QED) is 0.439. The Balaban J connectivity index is 1.65. The molecule has 5 rings (SSSR count). The number of aromatic nitrogens is 2. The SMILES string of the molecule is Cc1cc([C@H]2[C@@H](c3ccccn3)NC(=S)N2C2CCCC2)c(C)n1-c1ccccc1Br. The number of rotatable bonds is 4. The van der Waals surface area contributed by atoms with Crippen molar-refractivity contribution in [2.24, 2.45) is 0 Å². The van der Waals surface area contributed by atoms with Crippen molar-refractivity contribution in [3.8, 4) is 5.69 Å². The van der Waals surface area contributed by atoms with E-state index in [4.69, 9.17) is 17.2 Å². The van der Waals surface area contributed by atoms with E-state index in [-0.39, 0.29) is 12.1 Å². The molecule has 0 amide bonds. The number of benzene rings is 1. The van der Waals surface area contributed by atoms with Crippen molar-refractivity contribution >= 4 is 33.3 Å². The van der Waals surface area contributed by atoms with Gasteiger partial charge >= 0.3 is 0 Å². The summed E-state index contributed by atoms with van der Waals surface area (Å²) in [5.74, 6) is 0. The molecule has 4 nitrogen and oxygen atoms in total. The Morgan fingerprint density at radius 1 is 1.06 bits per heavy atom. The summed E-state index contributed by atoms with van der Waals surface area (Å²) >= 11 is 9.64. The van der Waals surface area contributed by atoms with Gasteiger partial charge in [0.15, 0.2) is 5.11 Å². The zero-order chi connectivity index (χ0) is 21.5. The third kappa shape index (κ3) is 3.60. The molecule has 3 heterocycles. The number of thiocarbonyl (C=S) groups is 1. The minimum atomic E-state index is 0.0439. The van der Waals surface area contributed by atoms with Crippen LogP contribution in [-0.4, -0.2) is 25.6 Å². The zero-order valence-electron chi connectivity index (χ0n) is 17.9. The Hall–Kier alpha value is -2.18. The van der Waals surface area contributed by atoms with Crippen LogP contribution in [0.15, 0.2) is 59.2 Å². The van der Waals surface area contributed by atoms with E-state index in [9.17, 15) is 0 Å². The van der Waals surface area contributed by atoms with E-state index in [2.05, 4.69) is 87.0 Å². The molecule has 160 valence electrons. The van der Waals surface area contributed by atoms with E-state index in [0.29, 0.717) is 6.04 Å². The Kier molecular flexibility index (Phi) is 5.61. The van der Waals surface area contributed by atoms with Gasteiger partial charge in [0.1, 0.15) is 0 Å². The lowest BCUT2D eigenvalue weighted by Crippen LogP contribution is -2.37. The molecule has 0 bridgehead atoms. The minimum Gasteiger partial charge on any atom is -0.352 e. The number of aryl methyl sites for hydroxylation is 1. The molecule has 1 saturated carbocycles. The van der Waals surface area contributed by atoms with Crippen LogP contribution in [0.5, 0.6) is 0 Å². The Morgan fingerprint density at radius 2 is 1.81 bits per heavy atom. The van der Waals surface area contributed by atoms with Crippen molar-refractivity contribution in [2.45, 2.75) is 57.7 Å². The molecule has 1 aliphatic carbocycles. The number of nitrogens with one attached hydrogen (secondary N) is 1. The third-order valence-corrected chi connectivity index (χ3v) is 7.73. The topological polar surface area (TPSA) is 33.1 Å². The highest BCUT2D eigenvalue weighted by Gasteiger charge is 2.44. The summed E-state index contributed by atoms with van der Waals surface area (Å²) < 4.78 is 3.45. The van der Waals surface area contributed by atoms with E-state index in [1.807, 2.05) is 12.3 Å². The molecule has 1 saturated heterocycles. The van der Waals surface area contributed by atoms with Crippen molar-refractivity contribution in [1.82, 2.24) is 19.8 Å². The van der Waals surface area contributed by atoms with E-state index >= 15 is 0 Å². The zero-order valence-corrected chi connectivity index (χ0v) is 20.3. The van der Waals surface area contributed by atoms with Gasteiger partial charge in [-0.2, -0.15) is 0 Å². The maximum atomic E-state index is 5.90. The summed E-state index contributed by atoms with van der Waals surface area (Å²) in [5.41, 5.74) is 6.01. The summed E-state index contributed by atoms with van der Waals surface area (Å²) in [6, 6.07) is 17.6. The van der Waals surface area contributed by atoms with Crippen LogP contribution in [0.2, 0.25) is 0 Å². The van der Waals surface area contributed by atoms with Gasteiger partial charge in [-0.05, 0) is 90.7 Å². The molecular formula is C25H27BrN4S. The fourth-order valence-electron chi connectivity index (χ4n) is 5.36. The molecule has 0 spiro atoms. The number of pyridine rings is 1. The summed E-state index contributed by atoms with van der Waals surface area (Å²) in [4.78, 5) is 7.18. The molecule has 6 heteroatoms. The average molecular weight is 495 g/mol. The van der Waals surface area contributed by atoms with Crippen LogP contribution in [0.4, 0.5) is 0 Å². The third-order valence-electron chi connectivity index (χ3n) is 6.74. The van der Waals surface area contributed by atoms with Crippen molar-refractivity contribution in [2.75, 3.05) is 0 Å². The highest BCUT2D eigenvalue weighted by Crippen LogP contribution is 2.45. The summed E-state index contributed by atoms with van der Waals surface area (Å²) in [7, 11) is 0. The fraction of sp³-hybridized carbons (Fsp3) is 0.360. The summed E-state index contributed by atoms with van der Waals surface area (Å²) in [6.07, 6.45) is 6.84. The number of hydrogen-bond acceptors (Lipinski definition) is 2. The van der Waals surface area contributed by atoms with E-state index in [0.717, 1.165) is 15.3 Å². The van der Waals surface area contributed by atoms with Gasteiger partial charge in [0, 0.05) is 28.1 Å². The molecule has 0 radical (unpaired) electrons. The van der Waals surface area contributed by atoms with Gasteiger partial charge in [-0.25, -0.2) is 0 Å². The van der Waals surface area contributed by atoms with E-state index in [1.165, 1.54) is 48.3 Å². The molecule has 2 aliphatic rings. The van der Waals surface area contributed by atoms with Crippen molar-refractivity contribution in [1.29, 1.82) is 0 Å². The van der Waals surface area contributed by atoms with Crippen molar-refractivity contribution in [3.63, 3.8) is 0 Å². The molecule has 1 N–H and O–H groups in total. The lowest BCUT2D eigenvalue weighted by atomic mass is 9.95. The van der Waals surface area contributed by atoms with Crippen LogP contribution in [0.1, 0.15) is 60.4 Å². The molecule has 2 aromatic heterocycles. The van der Waals surface area contributed by atoms with Gasteiger partial charge in [-0.1, -0.05) is 31.0 Å². The van der Waals surface area contributed by atoms with E-state index in [1.54, 1.807) is 0 Å². The highest BCUT2D eigenvalue weighted by atomic mass is 79.9. The molecule has 1 aromatic carbocycles. The van der Waals surface area contributed by atoms with Crippen molar-refractivity contribution < 1.29 is 0 Å². The summed E-state index contributed by atoms with van der Waals surface area (Å²) in [5, 5.41) is 4.49. The smallest absolute Gasteiger partial charge is 0.170 e. The first-order chi connectivity index (χ1) is 15.1. The van der Waals surface area contributed by atoms with Crippen LogP contribution in [0.25, 0.3) is 5.69 Å². The van der Waals surface area contributed by atoms with Gasteiger partial charge in [0.05, 0.1) is 23.5 Å². The molecule has 2 fully saturated rings. The second-order valence-corrected chi connectivity index (χ2v) is 9.83. The maximum Gasteiger partial charge on any atom is 0.170 e. The molecule has 1 aliphatic heterocycles. The lowest BCUT2D eigenvalue weighted by Gasteiger charge is -2.33. The minimum absolute atomic E-state index is 0.0439. The predicted molar refractivity (Wildman–Crippen MR) is 132 cm³/mol. The van der Waals surface area contributed by atoms with Crippen LogP contribution in [-0.2, 0) is 0 Å². The van der Waals surface area contributed by atoms with Crippen LogP contribution in [0.3, 0.4) is 0 Å². The van der Waals surface area contributed by atoms with Gasteiger partial charge in [0.2, 0.25) is 0 Å². The fourth-order valence-corrected chi connectivity index (χ4v) is 6.22. The molecule has 3 aromatic rings. The largest absolute Gasteiger partial charge is 0.352 e.